The Labute approximate surface area is 197 Å². The fraction of sp³-hybridized carbons (Fsp3) is 0.0690. The molecule has 0 aromatic heterocycles. The number of carbonyl (C=O) groups excluding carboxylic acids is 1. The lowest BCUT2D eigenvalue weighted by Gasteiger charge is -2.14. The number of hydrogen-bond acceptors (Lipinski definition) is 3. The highest BCUT2D eigenvalue weighted by atomic mass is 35.5. The van der Waals surface area contributed by atoms with Crippen LogP contribution in [0.4, 0.5) is 0 Å². The molecule has 0 saturated heterocycles. The fourth-order valence-electron chi connectivity index (χ4n) is 4.00. The van der Waals surface area contributed by atoms with Crippen LogP contribution in [0.15, 0.2) is 103 Å². The molecule has 3 nitrogen and oxygen atoms in total. The average Bonchev–Trinajstić information content (AvgIpc) is 2.86. The predicted molar refractivity (Wildman–Crippen MR) is 133 cm³/mol. The van der Waals surface area contributed by atoms with E-state index in [9.17, 15) is 4.79 Å². The van der Waals surface area contributed by atoms with Crippen molar-refractivity contribution in [2.24, 2.45) is 0 Å². The number of carbonyl (C=O) groups is 1. The van der Waals surface area contributed by atoms with Crippen molar-refractivity contribution in [3.63, 3.8) is 0 Å². The maximum Gasteiger partial charge on any atom is 0.342 e. The van der Waals surface area contributed by atoms with Crippen LogP contribution in [0.25, 0.3) is 21.5 Å². The molecule has 0 saturated carbocycles. The van der Waals surface area contributed by atoms with E-state index in [1.54, 1.807) is 18.2 Å². The van der Waals surface area contributed by atoms with Crippen LogP contribution in [0, 0.1) is 0 Å². The highest BCUT2D eigenvalue weighted by Gasteiger charge is 2.16. The quantitative estimate of drug-likeness (QED) is 0.249. The first-order valence-corrected chi connectivity index (χ1v) is 11.1. The molecule has 0 spiro atoms. The Morgan fingerprint density at radius 1 is 0.667 bits per heavy atom. The summed E-state index contributed by atoms with van der Waals surface area (Å²) < 4.78 is 11.7. The molecule has 0 radical (unpaired) electrons. The second kappa shape index (κ2) is 9.35. The van der Waals surface area contributed by atoms with Gasteiger partial charge in [-0.15, -0.1) is 0 Å². The molecule has 0 aliphatic rings. The first-order valence-electron chi connectivity index (χ1n) is 10.7. The van der Waals surface area contributed by atoms with Crippen LogP contribution >= 0.6 is 11.6 Å². The van der Waals surface area contributed by atoms with Gasteiger partial charge in [0.1, 0.15) is 24.5 Å². The summed E-state index contributed by atoms with van der Waals surface area (Å²) in [6.45, 7) is 0.488. The van der Waals surface area contributed by atoms with Gasteiger partial charge in [0.15, 0.2) is 0 Å². The van der Waals surface area contributed by atoms with Gasteiger partial charge in [0.05, 0.1) is 0 Å². The van der Waals surface area contributed by atoms with Crippen LogP contribution in [0.1, 0.15) is 21.5 Å². The van der Waals surface area contributed by atoms with E-state index >= 15 is 0 Å². The zero-order chi connectivity index (χ0) is 22.6. The van der Waals surface area contributed by atoms with Gasteiger partial charge in [0, 0.05) is 5.02 Å². The summed E-state index contributed by atoms with van der Waals surface area (Å²) in [5.74, 6) is -0.0337. The average molecular weight is 453 g/mol. The van der Waals surface area contributed by atoms with Crippen molar-refractivity contribution in [2.45, 2.75) is 13.2 Å². The molecule has 0 aliphatic heterocycles. The molecular formula is C29H21ClO3. The number of benzene rings is 5. The number of esters is 1. The van der Waals surface area contributed by atoms with Gasteiger partial charge in [-0.25, -0.2) is 4.79 Å². The van der Waals surface area contributed by atoms with Gasteiger partial charge in [-0.05, 0) is 50.9 Å². The Morgan fingerprint density at radius 2 is 1.24 bits per heavy atom. The van der Waals surface area contributed by atoms with E-state index in [1.807, 2.05) is 66.7 Å². The van der Waals surface area contributed by atoms with Crippen LogP contribution < -0.4 is 4.74 Å². The highest BCUT2D eigenvalue weighted by Crippen LogP contribution is 2.27. The molecule has 5 aromatic rings. The summed E-state index contributed by atoms with van der Waals surface area (Å²) in [6.07, 6.45) is 0. The third kappa shape index (κ3) is 4.55. The minimum atomic E-state index is -0.474. The lowest BCUT2D eigenvalue weighted by molar-refractivity contribution is 0.0469. The van der Waals surface area contributed by atoms with Crippen molar-refractivity contribution in [2.75, 3.05) is 0 Å². The molecule has 5 aromatic carbocycles. The number of halogens is 1. The van der Waals surface area contributed by atoms with Gasteiger partial charge in [-0.1, -0.05) is 96.5 Å². The van der Waals surface area contributed by atoms with E-state index in [-0.39, 0.29) is 6.61 Å². The molecule has 0 heterocycles. The van der Waals surface area contributed by atoms with Gasteiger partial charge in [0.25, 0.3) is 0 Å². The smallest absolute Gasteiger partial charge is 0.342 e. The third-order valence-corrected chi connectivity index (χ3v) is 5.90. The minimum Gasteiger partial charge on any atom is -0.488 e. The Bertz CT molecular complexity index is 1450. The molecule has 0 bridgehead atoms. The summed E-state index contributed by atoms with van der Waals surface area (Å²) in [5.41, 5.74) is 2.29. The van der Waals surface area contributed by atoms with Crippen molar-refractivity contribution >= 4 is 39.1 Å². The first kappa shape index (κ1) is 21.0. The third-order valence-electron chi connectivity index (χ3n) is 5.66. The maximum absolute atomic E-state index is 13.0. The molecule has 162 valence electrons. The molecule has 0 unspecified atom stereocenters. The van der Waals surface area contributed by atoms with Gasteiger partial charge in [-0.3, -0.25) is 0 Å². The van der Waals surface area contributed by atoms with Crippen molar-refractivity contribution in [1.29, 1.82) is 0 Å². The molecule has 33 heavy (non-hydrogen) atoms. The Hall–Kier alpha value is -3.82. The zero-order valence-corrected chi connectivity index (χ0v) is 18.6. The standard InChI is InChI=1S/C29H21ClO3/c30-24-15-16-28(32-18-22-11-5-9-20-7-1-3-13-25(20)22)27(17-24)29(31)33-19-23-12-6-10-21-8-2-4-14-26(21)23/h1-17H,18-19H2. The lowest BCUT2D eigenvalue weighted by atomic mass is 10.1. The number of hydrogen-bond donors (Lipinski definition) is 0. The van der Waals surface area contributed by atoms with E-state index in [0.29, 0.717) is 22.9 Å². The van der Waals surface area contributed by atoms with Crippen LogP contribution in [-0.4, -0.2) is 5.97 Å². The summed E-state index contributed by atoms with van der Waals surface area (Å²) in [5, 5.41) is 4.88. The van der Waals surface area contributed by atoms with Crippen LogP contribution in [0.5, 0.6) is 5.75 Å². The van der Waals surface area contributed by atoms with Crippen LogP contribution in [-0.2, 0) is 18.0 Å². The lowest BCUT2D eigenvalue weighted by Crippen LogP contribution is -2.09. The Morgan fingerprint density at radius 3 is 1.91 bits per heavy atom. The van der Waals surface area contributed by atoms with Crippen molar-refractivity contribution < 1.29 is 14.3 Å². The molecule has 0 atom stereocenters. The molecule has 4 heteroatoms. The molecular weight excluding hydrogens is 432 g/mol. The second-order valence-electron chi connectivity index (χ2n) is 7.78. The van der Waals surface area contributed by atoms with Gasteiger partial charge >= 0.3 is 5.97 Å². The van der Waals surface area contributed by atoms with E-state index in [1.165, 1.54) is 0 Å². The molecule has 0 amide bonds. The number of ether oxygens (including phenoxy) is 2. The second-order valence-corrected chi connectivity index (χ2v) is 8.22. The molecule has 5 rings (SSSR count). The van der Waals surface area contributed by atoms with Gasteiger partial charge in [0.2, 0.25) is 0 Å². The highest BCUT2D eigenvalue weighted by molar-refractivity contribution is 6.31. The van der Waals surface area contributed by atoms with Crippen molar-refractivity contribution in [3.05, 3.63) is 125 Å². The summed E-state index contributed by atoms with van der Waals surface area (Å²) in [6, 6.07) is 33.2. The Kier molecular flexibility index (Phi) is 5.97. The molecule has 0 fully saturated rings. The maximum atomic E-state index is 13.0. The molecule has 0 N–H and O–H groups in total. The monoisotopic (exact) mass is 452 g/mol. The predicted octanol–water partition coefficient (Wildman–Crippen LogP) is 7.58. The van der Waals surface area contributed by atoms with Crippen molar-refractivity contribution in [1.82, 2.24) is 0 Å². The largest absolute Gasteiger partial charge is 0.488 e. The number of rotatable bonds is 6. The van der Waals surface area contributed by atoms with Gasteiger partial charge in [-0.2, -0.15) is 0 Å². The van der Waals surface area contributed by atoms with E-state index in [4.69, 9.17) is 21.1 Å². The summed E-state index contributed by atoms with van der Waals surface area (Å²) in [4.78, 5) is 13.0. The SMILES string of the molecule is O=C(OCc1cccc2ccccc12)c1cc(Cl)ccc1OCc1cccc2ccccc12. The van der Waals surface area contributed by atoms with Gasteiger partial charge < -0.3 is 9.47 Å². The van der Waals surface area contributed by atoms with Crippen LogP contribution in [0.3, 0.4) is 0 Å². The van der Waals surface area contributed by atoms with Crippen molar-refractivity contribution in [3.8, 4) is 5.75 Å². The summed E-state index contributed by atoms with van der Waals surface area (Å²) >= 11 is 6.19. The first-order chi connectivity index (χ1) is 16.2. The topological polar surface area (TPSA) is 35.5 Å². The van der Waals surface area contributed by atoms with Crippen LogP contribution in [0.2, 0.25) is 5.02 Å². The van der Waals surface area contributed by atoms with E-state index in [2.05, 4.69) is 18.2 Å². The van der Waals surface area contributed by atoms with E-state index < -0.39 is 5.97 Å². The normalized spacial score (nSPS) is 10.9. The van der Waals surface area contributed by atoms with E-state index in [0.717, 1.165) is 32.7 Å². The molecule has 0 aliphatic carbocycles. The number of fused-ring (bicyclic) bond motifs is 2. The minimum absolute atomic E-state index is 0.162. The Balaban J connectivity index is 1.36. The fourth-order valence-corrected chi connectivity index (χ4v) is 4.17. The zero-order valence-electron chi connectivity index (χ0n) is 17.8. The summed E-state index contributed by atoms with van der Waals surface area (Å²) in [7, 11) is 0.